The zero-order valence-electron chi connectivity index (χ0n) is 28.1. The van der Waals surface area contributed by atoms with E-state index in [1.165, 1.54) is 44.9 Å². The maximum Gasteiger partial charge on any atom is 0.305 e. The highest BCUT2D eigenvalue weighted by Crippen LogP contribution is 2.10. The summed E-state index contributed by atoms with van der Waals surface area (Å²) in [5.41, 5.74) is 1.16. The standard InChI is InChI=1S/C35H62O10/c1-2-3-4-5-6-7-8-9-13-16-35(36)45-32-31-43-28-27-41-24-23-39-20-19-37-17-18-38-21-22-40-25-26-42-29-30-44-33-34-14-11-10-12-15-34/h10-12,14-15H,2-9,13,16-33H2,1H3. The van der Waals surface area contributed by atoms with Crippen molar-refractivity contribution in [3.63, 3.8) is 0 Å². The molecule has 0 saturated carbocycles. The van der Waals surface area contributed by atoms with Crippen LogP contribution < -0.4 is 0 Å². The maximum absolute atomic E-state index is 11.8. The molecule has 0 aromatic heterocycles. The summed E-state index contributed by atoms with van der Waals surface area (Å²) in [6, 6.07) is 10.1. The number of rotatable bonds is 36. The van der Waals surface area contributed by atoms with Crippen molar-refractivity contribution in [2.75, 3.05) is 106 Å². The second-order valence-electron chi connectivity index (χ2n) is 10.6. The van der Waals surface area contributed by atoms with Crippen LogP contribution in [0.3, 0.4) is 0 Å². The summed E-state index contributed by atoms with van der Waals surface area (Å²) in [4.78, 5) is 11.8. The lowest BCUT2D eigenvalue weighted by Gasteiger charge is -2.09. The van der Waals surface area contributed by atoms with Gasteiger partial charge in [0.2, 0.25) is 0 Å². The van der Waals surface area contributed by atoms with Gasteiger partial charge in [0, 0.05) is 6.42 Å². The molecule has 0 spiro atoms. The van der Waals surface area contributed by atoms with Crippen molar-refractivity contribution in [2.24, 2.45) is 0 Å². The lowest BCUT2D eigenvalue weighted by Crippen LogP contribution is -2.15. The first-order chi connectivity index (χ1) is 22.3. The molecule has 262 valence electrons. The number of carbonyl (C=O) groups is 1. The number of unbranched alkanes of at least 4 members (excludes halogenated alkanes) is 8. The topological polar surface area (TPSA) is 100 Å². The monoisotopic (exact) mass is 642 g/mol. The van der Waals surface area contributed by atoms with E-state index in [0.29, 0.717) is 119 Å². The molecular formula is C35H62O10. The number of hydrogen-bond donors (Lipinski definition) is 0. The third-order valence-corrected chi connectivity index (χ3v) is 6.69. The molecule has 0 unspecified atom stereocenters. The molecule has 1 rings (SSSR count). The van der Waals surface area contributed by atoms with E-state index < -0.39 is 0 Å². The molecule has 0 aliphatic heterocycles. The fraction of sp³-hybridized carbons (Fsp3) is 0.800. The van der Waals surface area contributed by atoms with E-state index >= 15 is 0 Å². The molecule has 0 amide bonds. The van der Waals surface area contributed by atoms with Crippen molar-refractivity contribution < 1.29 is 47.4 Å². The van der Waals surface area contributed by atoms with Gasteiger partial charge in [-0.1, -0.05) is 88.6 Å². The summed E-state index contributed by atoms with van der Waals surface area (Å²) < 4.78 is 49.1. The van der Waals surface area contributed by atoms with Crippen LogP contribution in [-0.2, 0) is 54.0 Å². The van der Waals surface area contributed by atoms with Gasteiger partial charge in [-0.15, -0.1) is 0 Å². The molecule has 0 atom stereocenters. The fourth-order valence-corrected chi connectivity index (χ4v) is 4.17. The van der Waals surface area contributed by atoms with E-state index in [9.17, 15) is 4.79 Å². The Balaban J connectivity index is 1.65. The molecular weight excluding hydrogens is 580 g/mol. The van der Waals surface area contributed by atoms with Crippen molar-refractivity contribution in [1.29, 1.82) is 0 Å². The van der Waals surface area contributed by atoms with E-state index in [4.69, 9.17) is 42.6 Å². The Morgan fingerprint density at radius 1 is 0.444 bits per heavy atom. The van der Waals surface area contributed by atoms with Gasteiger partial charge in [0.15, 0.2) is 0 Å². The normalized spacial score (nSPS) is 11.3. The number of hydrogen-bond acceptors (Lipinski definition) is 10. The number of esters is 1. The molecule has 0 N–H and O–H groups in total. The summed E-state index contributed by atoms with van der Waals surface area (Å²) in [7, 11) is 0. The van der Waals surface area contributed by atoms with Crippen LogP contribution in [0.4, 0.5) is 0 Å². The molecule has 0 fully saturated rings. The summed E-state index contributed by atoms with van der Waals surface area (Å²) in [6.07, 6.45) is 11.6. The van der Waals surface area contributed by atoms with Crippen molar-refractivity contribution in [2.45, 2.75) is 77.7 Å². The third-order valence-electron chi connectivity index (χ3n) is 6.69. The van der Waals surface area contributed by atoms with E-state index in [1.54, 1.807) is 0 Å². The van der Waals surface area contributed by atoms with Gasteiger partial charge in [-0.25, -0.2) is 0 Å². The van der Waals surface area contributed by atoms with E-state index in [0.717, 1.165) is 18.4 Å². The molecule has 0 aliphatic carbocycles. The largest absolute Gasteiger partial charge is 0.463 e. The Labute approximate surface area is 272 Å². The molecule has 0 heterocycles. The molecule has 0 bridgehead atoms. The highest BCUT2D eigenvalue weighted by atomic mass is 16.6. The van der Waals surface area contributed by atoms with Crippen LogP contribution >= 0.6 is 0 Å². The van der Waals surface area contributed by atoms with E-state index in [1.807, 2.05) is 30.3 Å². The summed E-state index contributed by atoms with van der Waals surface area (Å²) >= 11 is 0. The Bertz CT molecular complexity index is 722. The third kappa shape index (κ3) is 32.1. The van der Waals surface area contributed by atoms with Crippen LogP contribution in [0, 0.1) is 0 Å². The summed E-state index contributed by atoms with van der Waals surface area (Å²) in [5, 5.41) is 0. The van der Waals surface area contributed by atoms with Crippen LogP contribution in [-0.4, -0.2) is 112 Å². The van der Waals surface area contributed by atoms with Crippen molar-refractivity contribution in [1.82, 2.24) is 0 Å². The first-order valence-electron chi connectivity index (χ1n) is 17.1. The molecule has 10 heteroatoms. The van der Waals surface area contributed by atoms with Crippen molar-refractivity contribution in [3.8, 4) is 0 Å². The summed E-state index contributed by atoms with van der Waals surface area (Å²) in [5.74, 6) is -0.133. The SMILES string of the molecule is CCCCCCCCCCCC(=O)OCCOCCOCCOCCOCCOCCOCCOCCOCc1ccccc1. The van der Waals surface area contributed by atoms with Gasteiger partial charge in [0.25, 0.3) is 0 Å². The van der Waals surface area contributed by atoms with Crippen LogP contribution in [0.15, 0.2) is 30.3 Å². The second kappa shape index (κ2) is 35.2. The number of benzene rings is 1. The highest BCUT2D eigenvalue weighted by molar-refractivity contribution is 5.69. The quantitative estimate of drug-likeness (QED) is 0.0661. The van der Waals surface area contributed by atoms with Gasteiger partial charge in [-0.3, -0.25) is 4.79 Å². The predicted molar refractivity (Wildman–Crippen MR) is 175 cm³/mol. The lowest BCUT2D eigenvalue weighted by molar-refractivity contribution is -0.145. The molecule has 10 nitrogen and oxygen atoms in total. The van der Waals surface area contributed by atoms with Gasteiger partial charge in [-0.05, 0) is 12.0 Å². The first kappa shape index (κ1) is 41.4. The Morgan fingerprint density at radius 3 is 1.22 bits per heavy atom. The van der Waals surface area contributed by atoms with Gasteiger partial charge >= 0.3 is 5.97 Å². The fourth-order valence-electron chi connectivity index (χ4n) is 4.17. The van der Waals surface area contributed by atoms with Gasteiger partial charge in [-0.2, -0.15) is 0 Å². The minimum atomic E-state index is -0.133. The summed E-state index contributed by atoms with van der Waals surface area (Å²) in [6.45, 7) is 10.7. The van der Waals surface area contributed by atoms with Gasteiger partial charge in [0.05, 0.1) is 106 Å². The Morgan fingerprint density at radius 2 is 0.800 bits per heavy atom. The van der Waals surface area contributed by atoms with Crippen LogP contribution in [0.2, 0.25) is 0 Å². The molecule has 0 radical (unpaired) electrons. The molecule has 45 heavy (non-hydrogen) atoms. The van der Waals surface area contributed by atoms with Gasteiger partial charge < -0.3 is 42.6 Å². The molecule has 1 aromatic rings. The van der Waals surface area contributed by atoms with Crippen molar-refractivity contribution in [3.05, 3.63) is 35.9 Å². The minimum absolute atomic E-state index is 0.133. The Hall–Kier alpha value is -1.63. The molecule has 1 aromatic carbocycles. The van der Waals surface area contributed by atoms with Crippen molar-refractivity contribution >= 4 is 5.97 Å². The number of carbonyl (C=O) groups excluding carboxylic acids is 1. The Kier molecular flexibility index (Phi) is 32.4. The second-order valence-corrected chi connectivity index (χ2v) is 10.6. The van der Waals surface area contributed by atoms with Crippen LogP contribution in [0.1, 0.15) is 76.7 Å². The lowest BCUT2D eigenvalue weighted by atomic mass is 10.1. The average molecular weight is 643 g/mol. The zero-order valence-corrected chi connectivity index (χ0v) is 28.1. The highest BCUT2D eigenvalue weighted by Gasteiger charge is 2.03. The molecule has 0 aliphatic rings. The smallest absolute Gasteiger partial charge is 0.305 e. The molecule has 0 saturated heterocycles. The predicted octanol–water partition coefficient (Wildman–Crippen LogP) is 5.78. The van der Waals surface area contributed by atoms with E-state index in [2.05, 4.69) is 6.92 Å². The maximum atomic E-state index is 11.8. The first-order valence-corrected chi connectivity index (χ1v) is 17.1. The van der Waals surface area contributed by atoms with Crippen LogP contribution in [0.25, 0.3) is 0 Å². The van der Waals surface area contributed by atoms with Gasteiger partial charge in [0.1, 0.15) is 6.61 Å². The minimum Gasteiger partial charge on any atom is -0.463 e. The zero-order chi connectivity index (χ0) is 32.1. The van der Waals surface area contributed by atoms with Crippen LogP contribution in [0.5, 0.6) is 0 Å². The number of ether oxygens (including phenoxy) is 9. The average Bonchev–Trinajstić information content (AvgIpc) is 3.06. The van der Waals surface area contributed by atoms with E-state index in [-0.39, 0.29) is 5.97 Å².